The Balaban J connectivity index is 2.03. The Kier molecular flexibility index (Phi) is 6.30. The zero-order valence-corrected chi connectivity index (χ0v) is 13.5. The minimum absolute atomic E-state index is 0.401. The molecular weight excluding hydrogens is 254 g/mol. The smallest absolute Gasteiger partial charge is 0.0991 e. The number of unbranched alkanes of at least 4 members (excludes halogenated alkanes) is 4. The van der Waals surface area contributed by atoms with E-state index < -0.39 is 0 Å². The molecule has 0 unspecified atom stereocenters. The Bertz CT molecular complexity index is 446. The van der Waals surface area contributed by atoms with E-state index >= 15 is 0 Å². The average Bonchev–Trinajstić information content (AvgIpc) is 2.56. The van der Waals surface area contributed by atoms with Gasteiger partial charge in [0, 0.05) is 0 Å². The van der Waals surface area contributed by atoms with Crippen LogP contribution in [0.25, 0.3) is 0 Å². The number of benzene rings is 1. The summed E-state index contributed by atoms with van der Waals surface area (Å²) in [6.45, 7) is 2.28. The third kappa shape index (κ3) is 4.34. The molecule has 0 aromatic heterocycles. The van der Waals surface area contributed by atoms with E-state index in [0.29, 0.717) is 5.41 Å². The van der Waals surface area contributed by atoms with E-state index in [0.717, 1.165) is 5.56 Å². The van der Waals surface area contributed by atoms with E-state index in [-0.39, 0.29) is 0 Å². The van der Waals surface area contributed by atoms with Crippen LogP contribution in [0, 0.1) is 11.3 Å². The molecule has 1 aromatic carbocycles. The molecule has 1 aromatic rings. The van der Waals surface area contributed by atoms with Crippen molar-refractivity contribution in [2.45, 2.75) is 83.0 Å². The highest BCUT2D eigenvalue weighted by Crippen LogP contribution is 2.43. The monoisotopic (exact) mass is 283 g/mol. The Morgan fingerprint density at radius 3 is 2.24 bits per heavy atom. The van der Waals surface area contributed by atoms with E-state index in [9.17, 15) is 0 Å². The van der Waals surface area contributed by atoms with Crippen molar-refractivity contribution in [1.82, 2.24) is 0 Å². The summed E-state index contributed by atoms with van der Waals surface area (Å²) in [7, 11) is 0. The molecule has 21 heavy (non-hydrogen) atoms. The summed E-state index contributed by atoms with van der Waals surface area (Å²) in [4.78, 5) is 0. The van der Waals surface area contributed by atoms with Gasteiger partial charge in [0.25, 0.3) is 0 Å². The first-order valence-corrected chi connectivity index (χ1v) is 8.81. The summed E-state index contributed by atoms with van der Waals surface area (Å²) >= 11 is 0. The van der Waals surface area contributed by atoms with Gasteiger partial charge in [0.05, 0.1) is 11.6 Å². The van der Waals surface area contributed by atoms with Gasteiger partial charge in [0.15, 0.2) is 0 Å². The molecule has 1 heteroatoms. The van der Waals surface area contributed by atoms with E-state index in [1.807, 2.05) is 12.1 Å². The molecule has 1 nitrogen and oxygen atoms in total. The van der Waals surface area contributed by atoms with Gasteiger partial charge >= 0.3 is 0 Å². The Labute approximate surface area is 130 Å². The first-order chi connectivity index (χ1) is 10.3. The van der Waals surface area contributed by atoms with Crippen LogP contribution in [0.5, 0.6) is 0 Å². The van der Waals surface area contributed by atoms with Gasteiger partial charge < -0.3 is 0 Å². The van der Waals surface area contributed by atoms with Crippen molar-refractivity contribution in [3.63, 3.8) is 0 Å². The molecule has 0 radical (unpaired) electrons. The Morgan fingerprint density at radius 1 is 0.952 bits per heavy atom. The van der Waals surface area contributed by atoms with E-state index in [2.05, 4.69) is 25.1 Å². The molecule has 0 heterocycles. The first-order valence-electron chi connectivity index (χ1n) is 8.81. The number of nitrogens with zero attached hydrogens (tertiary/aromatic N) is 1. The zero-order chi connectivity index (χ0) is 15.0. The molecule has 0 aliphatic heterocycles. The molecule has 114 valence electrons. The van der Waals surface area contributed by atoms with Crippen LogP contribution in [0.4, 0.5) is 0 Å². The largest absolute Gasteiger partial charge is 0.192 e. The van der Waals surface area contributed by atoms with Gasteiger partial charge in [-0.25, -0.2) is 0 Å². The molecule has 0 N–H and O–H groups in total. The lowest BCUT2D eigenvalue weighted by Gasteiger charge is -2.38. The lowest BCUT2D eigenvalue weighted by atomic mass is 9.66. The highest BCUT2D eigenvalue weighted by molar-refractivity contribution is 5.35. The molecule has 1 aliphatic rings. The van der Waals surface area contributed by atoms with Crippen molar-refractivity contribution < 1.29 is 0 Å². The second kappa shape index (κ2) is 8.23. The van der Waals surface area contributed by atoms with Crippen molar-refractivity contribution in [2.24, 2.45) is 0 Å². The molecule has 0 spiro atoms. The molecule has 0 saturated heterocycles. The van der Waals surface area contributed by atoms with Crippen LogP contribution in [0.3, 0.4) is 0 Å². The second-order valence-electron chi connectivity index (χ2n) is 6.69. The van der Waals surface area contributed by atoms with Crippen molar-refractivity contribution in [3.05, 3.63) is 35.4 Å². The standard InChI is InChI=1S/C20H29N/c1-2-3-4-5-7-14-20(15-8-6-9-16-20)19-12-10-18(17-21)11-13-19/h10-13H,2-9,14-16H2,1H3. The average molecular weight is 283 g/mol. The van der Waals surface area contributed by atoms with Crippen LogP contribution in [0.2, 0.25) is 0 Å². The summed E-state index contributed by atoms with van der Waals surface area (Å²) in [6, 6.07) is 10.7. The lowest BCUT2D eigenvalue weighted by molar-refractivity contribution is 0.265. The fraction of sp³-hybridized carbons (Fsp3) is 0.650. The first kappa shape index (κ1) is 16.1. The SMILES string of the molecule is CCCCCCCC1(c2ccc(C#N)cc2)CCCCC1. The molecule has 1 fully saturated rings. The number of hydrogen-bond acceptors (Lipinski definition) is 1. The van der Waals surface area contributed by atoms with Crippen molar-refractivity contribution in [3.8, 4) is 6.07 Å². The summed E-state index contributed by atoms with van der Waals surface area (Å²) in [5, 5.41) is 8.98. The van der Waals surface area contributed by atoms with Crippen LogP contribution in [0.15, 0.2) is 24.3 Å². The fourth-order valence-corrected chi connectivity index (χ4v) is 3.88. The fourth-order valence-electron chi connectivity index (χ4n) is 3.88. The van der Waals surface area contributed by atoms with Crippen molar-refractivity contribution >= 4 is 0 Å². The topological polar surface area (TPSA) is 23.8 Å². The minimum atomic E-state index is 0.401. The van der Waals surface area contributed by atoms with E-state index in [1.54, 1.807) is 0 Å². The molecular formula is C20H29N. The van der Waals surface area contributed by atoms with Gasteiger partial charge in [-0.3, -0.25) is 0 Å². The predicted octanol–water partition coefficient (Wildman–Crippen LogP) is 6.12. The molecule has 1 aliphatic carbocycles. The van der Waals surface area contributed by atoms with Crippen LogP contribution < -0.4 is 0 Å². The summed E-state index contributed by atoms with van der Waals surface area (Å²) in [5.41, 5.74) is 2.67. The third-order valence-corrected chi connectivity index (χ3v) is 5.20. The number of nitriles is 1. The molecule has 1 saturated carbocycles. The van der Waals surface area contributed by atoms with Crippen LogP contribution in [-0.2, 0) is 5.41 Å². The van der Waals surface area contributed by atoms with Gasteiger partial charge in [0.1, 0.15) is 0 Å². The summed E-state index contributed by atoms with van der Waals surface area (Å²) < 4.78 is 0. The van der Waals surface area contributed by atoms with Gasteiger partial charge in [-0.15, -0.1) is 0 Å². The molecule has 2 rings (SSSR count). The highest BCUT2D eigenvalue weighted by atomic mass is 14.4. The zero-order valence-electron chi connectivity index (χ0n) is 13.5. The number of hydrogen-bond donors (Lipinski definition) is 0. The maximum Gasteiger partial charge on any atom is 0.0991 e. The third-order valence-electron chi connectivity index (χ3n) is 5.20. The molecule has 0 amide bonds. The van der Waals surface area contributed by atoms with Crippen LogP contribution >= 0.6 is 0 Å². The quantitative estimate of drug-likeness (QED) is 0.553. The van der Waals surface area contributed by atoms with Gasteiger partial charge in [0.2, 0.25) is 0 Å². The molecule has 0 bridgehead atoms. The second-order valence-corrected chi connectivity index (χ2v) is 6.69. The van der Waals surface area contributed by atoms with Gasteiger partial charge in [-0.2, -0.15) is 5.26 Å². The normalized spacial score (nSPS) is 17.3. The van der Waals surface area contributed by atoms with E-state index in [4.69, 9.17) is 5.26 Å². The summed E-state index contributed by atoms with van der Waals surface area (Å²) in [5.74, 6) is 0. The van der Waals surface area contributed by atoms with E-state index in [1.165, 1.54) is 76.2 Å². The lowest BCUT2D eigenvalue weighted by Crippen LogP contribution is -2.29. The van der Waals surface area contributed by atoms with Crippen LogP contribution in [-0.4, -0.2) is 0 Å². The maximum absolute atomic E-state index is 8.98. The Hall–Kier alpha value is -1.29. The minimum Gasteiger partial charge on any atom is -0.192 e. The van der Waals surface area contributed by atoms with Gasteiger partial charge in [-0.05, 0) is 42.4 Å². The highest BCUT2D eigenvalue weighted by Gasteiger charge is 2.33. The maximum atomic E-state index is 8.98. The van der Waals surface area contributed by atoms with Gasteiger partial charge in [-0.1, -0.05) is 70.4 Å². The van der Waals surface area contributed by atoms with Crippen molar-refractivity contribution in [2.75, 3.05) is 0 Å². The van der Waals surface area contributed by atoms with Crippen LogP contribution in [0.1, 0.15) is 88.7 Å². The predicted molar refractivity (Wildman–Crippen MR) is 89.3 cm³/mol. The number of rotatable bonds is 7. The molecule has 0 atom stereocenters. The summed E-state index contributed by atoms with van der Waals surface area (Å²) in [6.07, 6.45) is 15.0. The Morgan fingerprint density at radius 2 is 1.62 bits per heavy atom. The van der Waals surface area contributed by atoms with Crippen molar-refractivity contribution in [1.29, 1.82) is 5.26 Å².